The van der Waals surface area contributed by atoms with E-state index in [4.69, 9.17) is 0 Å². The summed E-state index contributed by atoms with van der Waals surface area (Å²) in [5, 5.41) is 3.11. The predicted molar refractivity (Wildman–Crippen MR) is 106 cm³/mol. The molecule has 2 aromatic carbocycles. The lowest BCUT2D eigenvalue weighted by atomic mass is 10.0. The standard InChI is InChI=1S/C23H26N2O2/c1-16(17-9-11-19(12-10-17)18-6-3-2-4-7-18)24-22(26)21-8-5-15-25(21)23(27)20-13-14-20/h2-4,6-7,9-12,16,20-21H,5,8,13-15H2,1H3,(H,24,26)/t16-,21-/m1/s1. The zero-order valence-corrected chi connectivity index (χ0v) is 15.7. The first kappa shape index (κ1) is 17.8. The van der Waals surface area contributed by atoms with Crippen LogP contribution in [0.4, 0.5) is 0 Å². The van der Waals surface area contributed by atoms with E-state index >= 15 is 0 Å². The number of amides is 2. The smallest absolute Gasteiger partial charge is 0.243 e. The fourth-order valence-corrected chi connectivity index (χ4v) is 3.86. The molecule has 2 aromatic rings. The van der Waals surface area contributed by atoms with E-state index in [9.17, 15) is 9.59 Å². The normalized spacial score (nSPS) is 20.3. The number of likely N-dealkylation sites (tertiary alicyclic amines) is 1. The molecule has 1 saturated carbocycles. The molecule has 2 atom stereocenters. The largest absolute Gasteiger partial charge is 0.348 e. The van der Waals surface area contributed by atoms with Gasteiger partial charge in [0.1, 0.15) is 6.04 Å². The number of carbonyl (C=O) groups excluding carboxylic acids is 2. The highest BCUT2D eigenvalue weighted by atomic mass is 16.2. The average Bonchev–Trinajstić information content (AvgIpc) is 3.44. The number of carbonyl (C=O) groups is 2. The summed E-state index contributed by atoms with van der Waals surface area (Å²) in [7, 11) is 0. The first-order valence-electron chi connectivity index (χ1n) is 9.90. The number of nitrogens with one attached hydrogen (secondary N) is 1. The van der Waals surface area contributed by atoms with Crippen molar-refractivity contribution in [2.24, 2.45) is 5.92 Å². The first-order valence-corrected chi connectivity index (χ1v) is 9.90. The SMILES string of the molecule is C[C@@H](NC(=O)[C@H]1CCCN1C(=O)C1CC1)c1ccc(-c2ccccc2)cc1. The van der Waals surface area contributed by atoms with E-state index in [1.165, 1.54) is 5.56 Å². The van der Waals surface area contributed by atoms with Crippen molar-refractivity contribution in [1.82, 2.24) is 10.2 Å². The molecule has 0 unspecified atom stereocenters. The molecule has 2 amide bonds. The highest BCUT2D eigenvalue weighted by Crippen LogP contribution is 2.34. The van der Waals surface area contributed by atoms with Crippen molar-refractivity contribution in [3.8, 4) is 11.1 Å². The van der Waals surface area contributed by atoms with E-state index in [1.807, 2.05) is 25.1 Å². The highest BCUT2D eigenvalue weighted by Gasteiger charge is 2.41. The van der Waals surface area contributed by atoms with Gasteiger partial charge in [-0.1, -0.05) is 54.6 Å². The van der Waals surface area contributed by atoms with Crippen LogP contribution in [0.1, 0.15) is 44.2 Å². The van der Waals surface area contributed by atoms with Crippen molar-refractivity contribution in [2.75, 3.05) is 6.54 Å². The Kier molecular flexibility index (Phi) is 4.97. The first-order chi connectivity index (χ1) is 13.1. The highest BCUT2D eigenvalue weighted by molar-refractivity contribution is 5.90. The summed E-state index contributed by atoms with van der Waals surface area (Å²) in [5.41, 5.74) is 3.41. The third kappa shape index (κ3) is 3.90. The van der Waals surface area contributed by atoms with Crippen LogP contribution < -0.4 is 5.32 Å². The van der Waals surface area contributed by atoms with Crippen LogP contribution in [0.3, 0.4) is 0 Å². The summed E-state index contributed by atoms with van der Waals surface area (Å²) in [5.74, 6) is 0.315. The van der Waals surface area contributed by atoms with Crippen LogP contribution in [0, 0.1) is 5.92 Å². The van der Waals surface area contributed by atoms with Crippen LogP contribution in [0.5, 0.6) is 0 Å². The maximum atomic E-state index is 12.8. The summed E-state index contributed by atoms with van der Waals surface area (Å²) in [6.45, 7) is 2.71. The second-order valence-corrected chi connectivity index (χ2v) is 7.68. The lowest BCUT2D eigenvalue weighted by molar-refractivity contribution is -0.139. The van der Waals surface area contributed by atoms with E-state index in [0.717, 1.165) is 36.8 Å². The fraction of sp³-hybridized carbons (Fsp3) is 0.391. The van der Waals surface area contributed by atoms with Gasteiger partial charge in [-0.15, -0.1) is 0 Å². The topological polar surface area (TPSA) is 49.4 Å². The average molecular weight is 362 g/mol. The van der Waals surface area contributed by atoms with Crippen molar-refractivity contribution in [1.29, 1.82) is 0 Å². The third-order valence-corrected chi connectivity index (χ3v) is 5.64. The Labute approximate surface area is 160 Å². The Morgan fingerprint density at radius 1 is 0.963 bits per heavy atom. The van der Waals surface area contributed by atoms with E-state index < -0.39 is 0 Å². The number of nitrogens with zero attached hydrogens (tertiary/aromatic N) is 1. The summed E-state index contributed by atoms with van der Waals surface area (Å²) >= 11 is 0. The molecule has 4 heteroatoms. The summed E-state index contributed by atoms with van der Waals surface area (Å²) in [6.07, 6.45) is 3.64. The molecule has 0 bridgehead atoms. The minimum absolute atomic E-state index is 0.0267. The minimum Gasteiger partial charge on any atom is -0.348 e. The summed E-state index contributed by atoms with van der Waals surface area (Å²) in [6, 6.07) is 18.2. The van der Waals surface area contributed by atoms with Crippen molar-refractivity contribution in [3.05, 3.63) is 60.2 Å². The molecule has 2 aliphatic rings. The molecular weight excluding hydrogens is 336 g/mol. The third-order valence-electron chi connectivity index (χ3n) is 5.64. The van der Waals surface area contributed by atoms with Gasteiger partial charge in [-0.3, -0.25) is 9.59 Å². The lowest BCUT2D eigenvalue weighted by Gasteiger charge is -2.25. The Morgan fingerprint density at radius 2 is 1.63 bits per heavy atom. The van der Waals surface area contributed by atoms with Crippen molar-refractivity contribution in [3.63, 3.8) is 0 Å². The molecule has 140 valence electrons. The molecule has 27 heavy (non-hydrogen) atoms. The van der Waals surface area contributed by atoms with E-state index in [-0.39, 0.29) is 29.8 Å². The number of rotatable bonds is 5. The molecule has 4 rings (SSSR count). The van der Waals surface area contributed by atoms with Gasteiger partial charge in [0.2, 0.25) is 11.8 Å². The quantitative estimate of drug-likeness (QED) is 0.876. The van der Waals surface area contributed by atoms with Gasteiger partial charge in [0.15, 0.2) is 0 Å². The Morgan fingerprint density at radius 3 is 2.30 bits per heavy atom. The minimum atomic E-state index is -0.302. The molecule has 2 fully saturated rings. The molecule has 1 aliphatic carbocycles. The summed E-state index contributed by atoms with van der Waals surface area (Å²) in [4.78, 5) is 27.0. The van der Waals surface area contributed by atoms with E-state index in [1.54, 1.807) is 4.90 Å². The van der Waals surface area contributed by atoms with Gasteiger partial charge in [0.05, 0.1) is 6.04 Å². The van der Waals surface area contributed by atoms with E-state index in [0.29, 0.717) is 6.54 Å². The van der Waals surface area contributed by atoms with Crippen molar-refractivity contribution in [2.45, 2.75) is 44.7 Å². The van der Waals surface area contributed by atoms with Gasteiger partial charge in [0, 0.05) is 12.5 Å². The van der Waals surface area contributed by atoms with Crippen LogP contribution in [-0.4, -0.2) is 29.3 Å². The van der Waals surface area contributed by atoms with Crippen LogP contribution >= 0.6 is 0 Å². The van der Waals surface area contributed by atoms with Gasteiger partial charge >= 0.3 is 0 Å². The molecule has 0 spiro atoms. The maximum Gasteiger partial charge on any atom is 0.243 e. The van der Waals surface area contributed by atoms with Gasteiger partial charge in [-0.2, -0.15) is 0 Å². The Balaban J connectivity index is 1.40. The molecule has 4 nitrogen and oxygen atoms in total. The maximum absolute atomic E-state index is 12.8. The predicted octanol–water partition coefficient (Wildman–Crippen LogP) is 3.93. The molecule has 1 saturated heterocycles. The lowest BCUT2D eigenvalue weighted by Crippen LogP contribution is -2.47. The van der Waals surface area contributed by atoms with Crippen molar-refractivity contribution < 1.29 is 9.59 Å². The fourth-order valence-electron chi connectivity index (χ4n) is 3.86. The van der Waals surface area contributed by atoms with Crippen LogP contribution in [-0.2, 0) is 9.59 Å². The number of hydrogen-bond acceptors (Lipinski definition) is 2. The monoisotopic (exact) mass is 362 g/mol. The molecule has 1 heterocycles. The van der Waals surface area contributed by atoms with Gasteiger partial charge in [-0.05, 0) is 49.3 Å². The molecule has 0 aromatic heterocycles. The van der Waals surface area contributed by atoms with E-state index in [2.05, 4.69) is 41.7 Å². The molecular formula is C23H26N2O2. The number of benzene rings is 2. The number of hydrogen-bond donors (Lipinski definition) is 1. The zero-order chi connectivity index (χ0) is 18.8. The summed E-state index contributed by atoms with van der Waals surface area (Å²) < 4.78 is 0. The molecule has 1 aliphatic heterocycles. The second-order valence-electron chi connectivity index (χ2n) is 7.68. The van der Waals surface area contributed by atoms with Crippen LogP contribution in [0.2, 0.25) is 0 Å². The second kappa shape index (κ2) is 7.55. The van der Waals surface area contributed by atoms with Gasteiger partial charge in [-0.25, -0.2) is 0 Å². The molecule has 1 N–H and O–H groups in total. The zero-order valence-electron chi connectivity index (χ0n) is 15.7. The van der Waals surface area contributed by atoms with Crippen LogP contribution in [0.25, 0.3) is 11.1 Å². The van der Waals surface area contributed by atoms with Gasteiger partial charge < -0.3 is 10.2 Å². The van der Waals surface area contributed by atoms with Crippen LogP contribution in [0.15, 0.2) is 54.6 Å². The Bertz CT molecular complexity index is 812. The molecule has 0 radical (unpaired) electrons. The Hall–Kier alpha value is -2.62. The van der Waals surface area contributed by atoms with Gasteiger partial charge in [0.25, 0.3) is 0 Å². The van der Waals surface area contributed by atoms with Crippen molar-refractivity contribution >= 4 is 11.8 Å².